The van der Waals surface area contributed by atoms with Crippen molar-refractivity contribution < 1.29 is 19.1 Å². The summed E-state index contributed by atoms with van der Waals surface area (Å²) >= 11 is 6.06. The number of carbonyl (C=O) groups is 2. The van der Waals surface area contributed by atoms with E-state index in [1.807, 2.05) is 37.3 Å². The third kappa shape index (κ3) is 4.97. The molecule has 0 aliphatic carbocycles. The normalized spacial score (nSPS) is 14.8. The Morgan fingerprint density at radius 2 is 1.70 bits per heavy atom. The van der Waals surface area contributed by atoms with Gasteiger partial charge in [0.05, 0.1) is 20.3 Å². The van der Waals surface area contributed by atoms with Gasteiger partial charge in [-0.3, -0.25) is 9.59 Å². The summed E-state index contributed by atoms with van der Waals surface area (Å²) in [6, 6.07) is 12.7. The first kappa shape index (κ1) is 21.8. The molecule has 1 heterocycles. The molecule has 3 rings (SSSR count). The number of nitrogens with one attached hydrogen (secondary N) is 1. The van der Waals surface area contributed by atoms with Gasteiger partial charge in [0.15, 0.2) is 11.5 Å². The third-order valence-electron chi connectivity index (χ3n) is 5.19. The first-order chi connectivity index (χ1) is 14.4. The van der Waals surface area contributed by atoms with Crippen LogP contribution in [-0.4, -0.2) is 57.1 Å². The number of nitrogens with zero attached hydrogens (tertiary/aromatic N) is 2. The summed E-state index contributed by atoms with van der Waals surface area (Å²) in [5, 5.41) is 3.45. The SMILES string of the molecule is COc1ccc(C(C)NC(=O)C(=O)N2CCN(c3cccc(Cl)c3)CC2)cc1OC. The second-order valence-corrected chi connectivity index (χ2v) is 7.51. The lowest BCUT2D eigenvalue weighted by molar-refractivity contribution is -0.146. The van der Waals surface area contributed by atoms with Gasteiger partial charge in [-0.1, -0.05) is 23.7 Å². The molecule has 1 atom stereocenters. The van der Waals surface area contributed by atoms with Gasteiger partial charge in [0.2, 0.25) is 0 Å². The van der Waals surface area contributed by atoms with E-state index in [9.17, 15) is 9.59 Å². The fourth-order valence-electron chi connectivity index (χ4n) is 3.45. The number of anilines is 1. The molecule has 1 fully saturated rings. The van der Waals surface area contributed by atoms with Crippen molar-refractivity contribution in [2.45, 2.75) is 13.0 Å². The van der Waals surface area contributed by atoms with E-state index in [1.54, 1.807) is 31.3 Å². The molecule has 1 N–H and O–H groups in total. The maximum atomic E-state index is 12.6. The molecule has 0 spiro atoms. The number of hydrogen-bond donors (Lipinski definition) is 1. The molecule has 2 aromatic rings. The van der Waals surface area contributed by atoms with E-state index in [-0.39, 0.29) is 6.04 Å². The molecule has 30 heavy (non-hydrogen) atoms. The Morgan fingerprint density at radius 3 is 2.33 bits per heavy atom. The first-order valence-electron chi connectivity index (χ1n) is 9.75. The second-order valence-electron chi connectivity index (χ2n) is 7.07. The van der Waals surface area contributed by atoms with Crippen LogP contribution in [0.25, 0.3) is 0 Å². The quantitative estimate of drug-likeness (QED) is 0.737. The van der Waals surface area contributed by atoms with E-state index in [1.165, 1.54) is 0 Å². The molecular weight excluding hydrogens is 406 g/mol. The minimum atomic E-state index is -0.617. The summed E-state index contributed by atoms with van der Waals surface area (Å²) in [5.74, 6) is 0.0366. The van der Waals surface area contributed by atoms with Gasteiger partial charge in [-0.15, -0.1) is 0 Å². The van der Waals surface area contributed by atoms with Crippen LogP contribution < -0.4 is 19.7 Å². The van der Waals surface area contributed by atoms with E-state index < -0.39 is 11.8 Å². The Morgan fingerprint density at radius 1 is 1.00 bits per heavy atom. The van der Waals surface area contributed by atoms with Gasteiger partial charge < -0.3 is 24.6 Å². The predicted molar refractivity (Wildman–Crippen MR) is 116 cm³/mol. The molecule has 8 heteroatoms. The third-order valence-corrected chi connectivity index (χ3v) is 5.42. The molecule has 7 nitrogen and oxygen atoms in total. The molecular formula is C22H26ClN3O4. The van der Waals surface area contributed by atoms with Crippen LogP contribution in [-0.2, 0) is 9.59 Å². The van der Waals surface area contributed by atoms with Crippen molar-refractivity contribution in [2.75, 3.05) is 45.3 Å². The average Bonchev–Trinajstić information content (AvgIpc) is 2.78. The van der Waals surface area contributed by atoms with Crippen molar-refractivity contribution in [1.82, 2.24) is 10.2 Å². The number of hydrogen-bond acceptors (Lipinski definition) is 5. The van der Waals surface area contributed by atoms with Gasteiger partial charge in [-0.05, 0) is 42.8 Å². The summed E-state index contributed by atoms with van der Waals surface area (Å²) in [7, 11) is 3.12. The molecule has 0 aromatic heterocycles. The van der Waals surface area contributed by atoms with Gasteiger partial charge in [0.25, 0.3) is 0 Å². The van der Waals surface area contributed by atoms with Crippen LogP contribution in [0.5, 0.6) is 11.5 Å². The molecule has 0 bridgehead atoms. The minimum Gasteiger partial charge on any atom is -0.493 e. The van der Waals surface area contributed by atoms with E-state index >= 15 is 0 Å². The van der Waals surface area contributed by atoms with Crippen LogP contribution in [0.15, 0.2) is 42.5 Å². The second kappa shape index (κ2) is 9.71. The number of ether oxygens (including phenoxy) is 2. The van der Waals surface area contributed by atoms with E-state index in [2.05, 4.69) is 10.2 Å². The molecule has 2 aromatic carbocycles. The van der Waals surface area contributed by atoms with Crippen molar-refractivity contribution in [1.29, 1.82) is 0 Å². The standard InChI is InChI=1S/C22H26ClN3O4/c1-15(16-7-8-19(29-2)20(13-16)30-3)24-21(27)22(28)26-11-9-25(10-12-26)18-6-4-5-17(23)14-18/h4-8,13-15H,9-12H2,1-3H3,(H,24,27). The molecule has 1 aliphatic rings. The number of rotatable bonds is 5. The van der Waals surface area contributed by atoms with Gasteiger partial charge in [0.1, 0.15) is 0 Å². The predicted octanol–water partition coefficient (Wildman–Crippen LogP) is 2.88. The lowest BCUT2D eigenvalue weighted by Gasteiger charge is -2.36. The van der Waals surface area contributed by atoms with Crippen LogP contribution in [0.1, 0.15) is 18.5 Å². The fourth-order valence-corrected chi connectivity index (χ4v) is 3.63. The highest BCUT2D eigenvalue weighted by molar-refractivity contribution is 6.35. The zero-order chi connectivity index (χ0) is 21.7. The van der Waals surface area contributed by atoms with Gasteiger partial charge in [0, 0.05) is 36.9 Å². The Kier molecular flexibility index (Phi) is 7.05. The van der Waals surface area contributed by atoms with E-state index in [4.69, 9.17) is 21.1 Å². The van der Waals surface area contributed by atoms with Gasteiger partial charge in [-0.2, -0.15) is 0 Å². The van der Waals surface area contributed by atoms with Crippen LogP contribution in [0.2, 0.25) is 5.02 Å². The summed E-state index contributed by atoms with van der Waals surface area (Å²) in [5.41, 5.74) is 1.83. The van der Waals surface area contributed by atoms with Crippen LogP contribution in [0, 0.1) is 0 Å². The molecule has 0 radical (unpaired) electrons. The van der Waals surface area contributed by atoms with Crippen LogP contribution in [0.3, 0.4) is 0 Å². The smallest absolute Gasteiger partial charge is 0.312 e. The minimum absolute atomic E-state index is 0.353. The Hall–Kier alpha value is -2.93. The van der Waals surface area contributed by atoms with Gasteiger partial charge in [-0.25, -0.2) is 0 Å². The molecule has 0 saturated carbocycles. The average molecular weight is 432 g/mol. The summed E-state index contributed by atoms with van der Waals surface area (Å²) in [4.78, 5) is 28.9. The molecule has 1 unspecified atom stereocenters. The molecule has 2 amide bonds. The highest BCUT2D eigenvalue weighted by atomic mass is 35.5. The number of amides is 2. The highest BCUT2D eigenvalue weighted by Gasteiger charge is 2.27. The monoisotopic (exact) mass is 431 g/mol. The van der Waals surface area contributed by atoms with Crippen LogP contribution >= 0.6 is 11.6 Å². The lowest BCUT2D eigenvalue weighted by Crippen LogP contribution is -2.52. The van der Waals surface area contributed by atoms with Gasteiger partial charge >= 0.3 is 11.8 Å². The van der Waals surface area contributed by atoms with Crippen molar-refractivity contribution >= 4 is 29.1 Å². The molecule has 1 aliphatic heterocycles. The van der Waals surface area contributed by atoms with E-state index in [0.29, 0.717) is 42.7 Å². The summed E-state index contributed by atoms with van der Waals surface area (Å²) in [6.45, 7) is 4.06. The number of halogens is 1. The summed E-state index contributed by atoms with van der Waals surface area (Å²) in [6.07, 6.45) is 0. The van der Waals surface area contributed by atoms with Crippen molar-refractivity contribution in [3.63, 3.8) is 0 Å². The maximum Gasteiger partial charge on any atom is 0.312 e. The maximum absolute atomic E-state index is 12.6. The number of methoxy groups -OCH3 is 2. The van der Waals surface area contributed by atoms with E-state index in [0.717, 1.165) is 11.3 Å². The van der Waals surface area contributed by atoms with Crippen LogP contribution in [0.4, 0.5) is 5.69 Å². The number of piperazine rings is 1. The highest BCUT2D eigenvalue weighted by Crippen LogP contribution is 2.30. The summed E-state index contributed by atoms with van der Waals surface area (Å²) < 4.78 is 10.5. The van der Waals surface area contributed by atoms with Crippen molar-refractivity contribution in [2.24, 2.45) is 0 Å². The molecule has 160 valence electrons. The topological polar surface area (TPSA) is 71.1 Å². The fraction of sp³-hybridized carbons (Fsp3) is 0.364. The molecule has 1 saturated heterocycles. The Labute approximate surface area is 181 Å². The Bertz CT molecular complexity index is 913. The Balaban J connectivity index is 1.56. The number of carbonyl (C=O) groups excluding carboxylic acids is 2. The zero-order valence-corrected chi connectivity index (χ0v) is 18.1. The van der Waals surface area contributed by atoms with Crippen molar-refractivity contribution in [3.8, 4) is 11.5 Å². The lowest BCUT2D eigenvalue weighted by atomic mass is 10.1. The largest absolute Gasteiger partial charge is 0.493 e. The number of benzene rings is 2. The van der Waals surface area contributed by atoms with Crippen molar-refractivity contribution in [3.05, 3.63) is 53.1 Å². The zero-order valence-electron chi connectivity index (χ0n) is 17.4. The first-order valence-corrected chi connectivity index (χ1v) is 10.1.